The van der Waals surface area contributed by atoms with E-state index >= 15 is 0 Å². The molecule has 2 N–H and O–H groups in total. The van der Waals surface area contributed by atoms with Gasteiger partial charge in [0, 0.05) is 19.5 Å². The van der Waals surface area contributed by atoms with Crippen LogP contribution in [-0.2, 0) is 11.2 Å². The number of carbonyl (C=O) groups is 1. The number of nitrogens with one attached hydrogen (secondary N) is 2. The normalized spacial score (nSPS) is 17.3. The lowest BCUT2D eigenvalue weighted by Gasteiger charge is -2.26. The molecule has 0 atom stereocenters. The Labute approximate surface area is 93.2 Å². The van der Waals surface area contributed by atoms with Crippen molar-refractivity contribution in [1.29, 1.82) is 0 Å². The number of nitrogens with zero attached hydrogens (tertiary/aromatic N) is 3. The number of morpholine rings is 1. The van der Waals surface area contributed by atoms with E-state index in [4.69, 9.17) is 4.74 Å². The average molecular weight is 225 g/mol. The zero-order valence-electron chi connectivity index (χ0n) is 9.19. The number of aryl methyl sites for hydroxylation is 1. The van der Waals surface area contributed by atoms with E-state index in [1.165, 1.54) is 0 Å². The summed E-state index contributed by atoms with van der Waals surface area (Å²) >= 11 is 0. The molecule has 0 spiro atoms. The summed E-state index contributed by atoms with van der Waals surface area (Å²) in [6.45, 7) is 4.60. The summed E-state index contributed by atoms with van der Waals surface area (Å²) < 4.78 is 5.18. The van der Waals surface area contributed by atoms with Gasteiger partial charge in [0.05, 0.1) is 13.2 Å². The molecule has 2 rings (SSSR count). The molecule has 0 unspecified atom stereocenters. The number of aromatic nitrogens is 3. The van der Waals surface area contributed by atoms with Crippen LogP contribution in [0.15, 0.2) is 0 Å². The van der Waals surface area contributed by atoms with Crippen LogP contribution in [0.5, 0.6) is 0 Å². The molecule has 2 heterocycles. The molecule has 1 fully saturated rings. The van der Waals surface area contributed by atoms with E-state index in [0.717, 1.165) is 6.42 Å². The largest absolute Gasteiger partial charge is 0.379 e. The van der Waals surface area contributed by atoms with E-state index in [-0.39, 0.29) is 11.7 Å². The summed E-state index contributed by atoms with van der Waals surface area (Å²) in [6.07, 6.45) is 0.734. The van der Waals surface area contributed by atoms with Gasteiger partial charge < -0.3 is 4.74 Å². The van der Waals surface area contributed by atoms with Gasteiger partial charge in [-0.15, -0.1) is 5.10 Å². The number of hydrazine groups is 1. The third-order valence-electron chi connectivity index (χ3n) is 2.34. The number of aromatic amines is 1. The maximum atomic E-state index is 11.7. The van der Waals surface area contributed by atoms with Crippen LogP contribution < -0.4 is 5.43 Å². The lowest BCUT2D eigenvalue weighted by Crippen LogP contribution is -2.48. The number of carbonyl (C=O) groups excluding carboxylic acids is 1. The van der Waals surface area contributed by atoms with Crippen molar-refractivity contribution < 1.29 is 9.53 Å². The second kappa shape index (κ2) is 5.04. The predicted molar refractivity (Wildman–Crippen MR) is 55.6 cm³/mol. The molecule has 7 nitrogen and oxygen atoms in total. The van der Waals surface area contributed by atoms with Gasteiger partial charge in [-0.2, -0.15) is 0 Å². The molecule has 0 bridgehead atoms. The van der Waals surface area contributed by atoms with Gasteiger partial charge in [0.1, 0.15) is 5.82 Å². The van der Waals surface area contributed by atoms with Crippen LogP contribution >= 0.6 is 0 Å². The molecule has 1 aliphatic heterocycles. The van der Waals surface area contributed by atoms with E-state index in [9.17, 15) is 4.79 Å². The molecule has 0 aromatic carbocycles. The van der Waals surface area contributed by atoms with Gasteiger partial charge in [0.25, 0.3) is 0 Å². The summed E-state index contributed by atoms with van der Waals surface area (Å²) in [4.78, 5) is 15.8. The van der Waals surface area contributed by atoms with Crippen molar-refractivity contribution in [3.63, 3.8) is 0 Å². The van der Waals surface area contributed by atoms with Crippen molar-refractivity contribution in [1.82, 2.24) is 25.6 Å². The molecule has 7 heteroatoms. The van der Waals surface area contributed by atoms with Gasteiger partial charge in [0.15, 0.2) is 0 Å². The first kappa shape index (κ1) is 11.0. The Hall–Kier alpha value is -1.47. The Balaban J connectivity index is 1.91. The Morgan fingerprint density at radius 1 is 1.56 bits per heavy atom. The van der Waals surface area contributed by atoms with Crippen molar-refractivity contribution in [2.45, 2.75) is 13.3 Å². The van der Waals surface area contributed by atoms with Gasteiger partial charge in [-0.05, 0) is 0 Å². The summed E-state index contributed by atoms with van der Waals surface area (Å²) in [6, 6.07) is 0. The van der Waals surface area contributed by atoms with E-state index in [2.05, 4.69) is 20.6 Å². The summed E-state index contributed by atoms with van der Waals surface area (Å²) in [7, 11) is 0. The number of H-pyrrole nitrogens is 1. The van der Waals surface area contributed by atoms with E-state index in [0.29, 0.717) is 32.1 Å². The van der Waals surface area contributed by atoms with Crippen molar-refractivity contribution in [3.8, 4) is 0 Å². The minimum atomic E-state index is -0.280. The average Bonchev–Trinajstić information content (AvgIpc) is 2.79. The molecular weight excluding hydrogens is 210 g/mol. The van der Waals surface area contributed by atoms with Crippen molar-refractivity contribution >= 4 is 5.91 Å². The second-order valence-electron chi connectivity index (χ2n) is 3.50. The topological polar surface area (TPSA) is 83.1 Å². The van der Waals surface area contributed by atoms with Gasteiger partial charge in [0.2, 0.25) is 5.82 Å². The summed E-state index contributed by atoms with van der Waals surface area (Å²) in [5, 5.41) is 8.37. The zero-order chi connectivity index (χ0) is 11.4. The summed E-state index contributed by atoms with van der Waals surface area (Å²) in [5.74, 6) is 0.619. The van der Waals surface area contributed by atoms with Crippen molar-refractivity contribution in [2.24, 2.45) is 0 Å². The monoisotopic (exact) mass is 225 g/mol. The van der Waals surface area contributed by atoms with Crippen LogP contribution in [0.25, 0.3) is 0 Å². The molecule has 16 heavy (non-hydrogen) atoms. The fourth-order valence-corrected chi connectivity index (χ4v) is 1.42. The lowest BCUT2D eigenvalue weighted by molar-refractivity contribution is 0.0123. The molecular formula is C9H15N5O2. The van der Waals surface area contributed by atoms with Crippen LogP contribution in [0.1, 0.15) is 23.4 Å². The van der Waals surface area contributed by atoms with Crippen molar-refractivity contribution in [2.75, 3.05) is 26.3 Å². The van der Waals surface area contributed by atoms with Gasteiger partial charge >= 0.3 is 5.91 Å². The molecule has 1 amide bonds. The van der Waals surface area contributed by atoms with Crippen LogP contribution in [-0.4, -0.2) is 52.4 Å². The van der Waals surface area contributed by atoms with E-state index in [1.807, 2.05) is 11.9 Å². The van der Waals surface area contributed by atoms with Crippen LogP contribution in [0.3, 0.4) is 0 Å². The molecule has 0 saturated carbocycles. The molecule has 1 aromatic rings. The lowest BCUT2D eigenvalue weighted by atomic mass is 10.4. The number of hydrogen-bond donors (Lipinski definition) is 2. The molecule has 0 aliphatic carbocycles. The van der Waals surface area contributed by atoms with Gasteiger partial charge in [-0.3, -0.25) is 15.3 Å². The van der Waals surface area contributed by atoms with Gasteiger partial charge in [-0.25, -0.2) is 9.99 Å². The van der Waals surface area contributed by atoms with Gasteiger partial charge in [-0.1, -0.05) is 6.92 Å². The Morgan fingerprint density at radius 2 is 2.31 bits per heavy atom. The molecule has 1 aromatic heterocycles. The molecule has 0 radical (unpaired) electrons. The predicted octanol–water partition coefficient (Wildman–Crippen LogP) is -0.656. The summed E-state index contributed by atoms with van der Waals surface area (Å²) in [5.41, 5.74) is 2.74. The first-order valence-corrected chi connectivity index (χ1v) is 5.34. The highest BCUT2D eigenvalue weighted by Gasteiger charge is 2.17. The maximum Gasteiger partial charge on any atom is 0.305 e. The quantitative estimate of drug-likeness (QED) is 0.714. The van der Waals surface area contributed by atoms with E-state index in [1.54, 1.807) is 0 Å². The van der Waals surface area contributed by atoms with Crippen LogP contribution in [0, 0.1) is 0 Å². The SMILES string of the molecule is CCc1nc(C(=O)NN2CCOCC2)n[nH]1. The number of rotatable bonds is 3. The zero-order valence-corrected chi connectivity index (χ0v) is 9.19. The highest BCUT2D eigenvalue weighted by Crippen LogP contribution is 1.96. The molecule has 1 aliphatic rings. The van der Waals surface area contributed by atoms with Crippen molar-refractivity contribution in [3.05, 3.63) is 11.6 Å². The number of ether oxygens (including phenoxy) is 1. The van der Waals surface area contributed by atoms with Crippen LogP contribution in [0.2, 0.25) is 0 Å². The highest BCUT2D eigenvalue weighted by atomic mass is 16.5. The fraction of sp³-hybridized carbons (Fsp3) is 0.667. The maximum absolute atomic E-state index is 11.7. The Morgan fingerprint density at radius 3 is 2.94 bits per heavy atom. The fourth-order valence-electron chi connectivity index (χ4n) is 1.42. The Bertz CT molecular complexity index is 359. The first-order valence-electron chi connectivity index (χ1n) is 5.34. The number of hydrogen-bond acceptors (Lipinski definition) is 5. The first-order chi connectivity index (χ1) is 7.79. The number of amides is 1. The third-order valence-corrected chi connectivity index (χ3v) is 2.34. The minimum absolute atomic E-state index is 0.184. The second-order valence-corrected chi connectivity index (χ2v) is 3.50. The molecule has 88 valence electrons. The standard InChI is InChI=1S/C9H15N5O2/c1-2-7-10-8(12-11-7)9(15)13-14-3-5-16-6-4-14/h2-6H2,1H3,(H,13,15)(H,10,11,12). The van der Waals surface area contributed by atoms with Crippen LogP contribution in [0.4, 0.5) is 0 Å². The molecule has 1 saturated heterocycles. The highest BCUT2D eigenvalue weighted by molar-refractivity contribution is 5.89. The smallest absolute Gasteiger partial charge is 0.305 e. The third kappa shape index (κ3) is 2.56. The minimum Gasteiger partial charge on any atom is -0.379 e. The Kier molecular flexibility index (Phi) is 3.47. The van der Waals surface area contributed by atoms with E-state index < -0.39 is 0 Å².